The zero-order valence-electron chi connectivity index (χ0n) is 10.8. The second kappa shape index (κ2) is 6.14. The quantitative estimate of drug-likeness (QED) is 0.696. The van der Waals surface area contributed by atoms with Crippen molar-refractivity contribution in [3.8, 4) is 0 Å². The number of hydrogen-bond donors (Lipinski definition) is 1. The van der Waals surface area contributed by atoms with E-state index < -0.39 is 5.97 Å². The smallest absolute Gasteiger partial charge is 0.306 e. The van der Waals surface area contributed by atoms with Crippen LogP contribution in [0.25, 0.3) is 0 Å². The number of aliphatic carboxylic acids is 1. The van der Waals surface area contributed by atoms with E-state index >= 15 is 0 Å². The topological polar surface area (TPSA) is 37.3 Å². The lowest BCUT2D eigenvalue weighted by Crippen LogP contribution is -2.34. The molecule has 1 N–H and O–H groups in total. The van der Waals surface area contributed by atoms with Crippen LogP contribution < -0.4 is 0 Å². The number of rotatable bonds is 7. The van der Waals surface area contributed by atoms with Crippen molar-refractivity contribution in [2.24, 2.45) is 17.3 Å². The molecule has 0 bridgehead atoms. The predicted molar refractivity (Wildman–Crippen MR) is 63.9 cm³/mol. The highest BCUT2D eigenvalue weighted by Crippen LogP contribution is 2.40. The Morgan fingerprint density at radius 2 is 1.80 bits per heavy atom. The average Bonchev–Trinajstić information content (AvgIpc) is 2.17. The van der Waals surface area contributed by atoms with Gasteiger partial charge in [-0.15, -0.1) is 0 Å². The van der Waals surface area contributed by atoms with Gasteiger partial charge in [-0.05, 0) is 24.2 Å². The zero-order chi connectivity index (χ0) is 12.1. The molecular weight excluding hydrogens is 188 g/mol. The summed E-state index contributed by atoms with van der Waals surface area (Å²) in [7, 11) is 0. The molecule has 2 atom stereocenters. The highest BCUT2D eigenvalue weighted by atomic mass is 16.4. The van der Waals surface area contributed by atoms with Crippen LogP contribution in [0.3, 0.4) is 0 Å². The summed E-state index contributed by atoms with van der Waals surface area (Å²) in [5.41, 5.74) is 0.134. The number of carboxylic acids is 1. The summed E-state index contributed by atoms with van der Waals surface area (Å²) < 4.78 is 0. The minimum absolute atomic E-state index is 0.134. The Hall–Kier alpha value is -0.530. The van der Waals surface area contributed by atoms with Crippen molar-refractivity contribution < 1.29 is 9.90 Å². The highest BCUT2D eigenvalue weighted by Gasteiger charge is 2.36. The van der Waals surface area contributed by atoms with E-state index in [4.69, 9.17) is 0 Å². The van der Waals surface area contributed by atoms with Crippen LogP contribution in [0.5, 0.6) is 0 Å². The maximum atomic E-state index is 11.2. The molecular formula is C13H26O2. The molecule has 2 unspecified atom stereocenters. The minimum atomic E-state index is -0.627. The van der Waals surface area contributed by atoms with Crippen molar-refractivity contribution in [1.29, 1.82) is 0 Å². The first-order valence-electron chi connectivity index (χ1n) is 6.13. The number of hydrogen-bond acceptors (Lipinski definition) is 1. The van der Waals surface area contributed by atoms with Gasteiger partial charge < -0.3 is 5.11 Å². The van der Waals surface area contributed by atoms with Crippen molar-refractivity contribution in [3.05, 3.63) is 0 Å². The summed E-state index contributed by atoms with van der Waals surface area (Å²) >= 11 is 0. The van der Waals surface area contributed by atoms with E-state index in [2.05, 4.69) is 27.7 Å². The molecule has 0 amide bonds. The molecule has 0 saturated carbocycles. The van der Waals surface area contributed by atoms with E-state index in [0.29, 0.717) is 5.92 Å². The van der Waals surface area contributed by atoms with Crippen LogP contribution in [0.15, 0.2) is 0 Å². The van der Waals surface area contributed by atoms with E-state index in [1.165, 1.54) is 0 Å². The molecule has 0 spiro atoms. The SMILES string of the molecule is CCCC(C(CC)C(=O)O)C(C)(C)CC. The van der Waals surface area contributed by atoms with E-state index in [1.807, 2.05) is 6.92 Å². The van der Waals surface area contributed by atoms with Gasteiger partial charge in [-0.3, -0.25) is 4.79 Å². The lowest BCUT2D eigenvalue weighted by atomic mass is 9.67. The molecule has 0 aromatic heterocycles. The van der Waals surface area contributed by atoms with Gasteiger partial charge in [0, 0.05) is 0 Å². The lowest BCUT2D eigenvalue weighted by Gasteiger charge is -2.37. The maximum absolute atomic E-state index is 11.2. The van der Waals surface area contributed by atoms with Crippen LogP contribution in [0.2, 0.25) is 0 Å². The molecule has 0 aromatic rings. The molecule has 0 aliphatic carbocycles. The number of carboxylic acid groups (broad SMARTS) is 1. The maximum Gasteiger partial charge on any atom is 0.306 e. The molecule has 0 fully saturated rings. The molecule has 0 aromatic carbocycles. The monoisotopic (exact) mass is 214 g/mol. The summed E-state index contributed by atoms with van der Waals surface area (Å²) in [5.74, 6) is -0.507. The molecule has 2 heteroatoms. The Morgan fingerprint density at radius 3 is 2.07 bits per heavy atom. The van der Waals surface area contributed by atoms with Gasteiger partial charge in [-0.2, -0.15) is 0 Å². The van der Waals surface area contributed by atoms with E-state index in [-0.39, 0.29) is 11.3 Å². The Morgan fingerprint density at radius 1 is 1.27 bits per heavy atom. The second-order valence-electron chi connectivity index (χ2n) is 5.09. The van der Waals surface area contributed by atoms with Crippen LogP contribution in [0.1, 0.15) is 60.3 Å². The summed E-state index contributed by atoms with van der Waals surface area (Å²) in [6.07, 6.45) is 3.87. The fourth-order valence-corrected chi connectivity index (χ4v) is 2.34. The molecule has 0 radical (unpaired) electrons. The summed E-state index contributed by atoms with van der Waals surface area (Å²) in [5, 5.41) is 9.23. The largest absolute Gasteiger partial charge is 0.481 e. The molecule has 0 saturated heterocycles. The van der Waals surface area contributed by atoms with E-state index in [9.17, 15) is 9.90 Å². The normalized spacial score (nSPS) is 16.1. The predicted octanol–water partition coefficient (Wildman–Crippen LogP) is 3.95. The molecule has 90 valence electrons. The fraction of sp³-hybridized carbons (Fsp3) is 0.923. The third-order valence-corrected chi connectivity index (χ3v) is 3.76. The molecule has 15 heavy (non-hydrogen) atoms. The first kappa shape index (κ1) is 14.5. The van der Waals surface area contributed by atoms with Gasteiger partial charge >= 0.3 is 5.97 Å². The van der Waals surface area contributed by atoms with Crippen LogP contribution >= 0.6 is 0 Å². The van der Waals surface area contributed by atoms with Gasteiger partial charge in [-0.25, -0.2) is 0 Å². The first-order valence-corrected chi connectivity index (χ1v) is 6.13. The van der Waals surface area contributed by atoms with Crippen molar-refractivity contribution in [2.45, 2.75) is 60.3 Å². The van der Waals surface area contributed by atoms with E-state index in [0.717, 1.165) is 25.7 Å². The standard InChI is InChI=1S/C13H26O2/c1-6-9-11(13(4,5)8-3)10(7-2)12(14)15/h10-11H,6-9H2,1-5H3,(H,14,15). The minimum Gasteiger partial charge on any atom is -0.481 e. The van der Waals surface area contributed by atoms with Gasteiger partial charge in [0.25, 0.3) is 0 Å². The molecule has 0 heterocycles. The van der Waals surface area contributed by atoms with Crippen LogP contribution in [0, 0.1) is 17.3 Å². The van der Waals surface area contributed by atoms with Gasteiger partial charge in [0.15, 0.2) is 0 Å². The molecule has 0 aliphatic heterocycles. The Kier molecular flexibility index (Phi) is 5.92. The van der Waals surface area contributed by atoms with Gasteiger partial charge in [0.2, 0.25) is 0 Å². The van der Waals surface area contributed by atoms with Crippen molar-refractivity contribution in [2.75, 3.05) is 0 Å². The van der Waals surface area contributed by atoms with Crippen LogP contribution in [-0.2, 0) is 4.79 Å². The third-order valence-electron chi connectivity index (χ3n) is 3.76. The molecule has 2 nitrogen and oxygen atoms in total. The van der Waals surface area contributed by atoms with Gasteiger partial charge in [0.1, 0.15) is 0 Å². The lowest BCUT2D eigenvalue weighted by molar-refractivity contribution is -0.146. The number of carbonyl (C=O) groups is 1. The van der Waals surface area contributed by atoms with E-state index in [1.54, 1.807) is 0 Å². The average molecular weight is 214 g/mol. The summed E-state index contributed by atoms with van der Waals surface area (Å²) in [6.45, 7) is 10.6. The third kappa shape index (κ3) is 3.84. The van der Waals surface area contributed by atoms with Crippen molar-refractivity contribution >= 4 is 5.97 Å². The molecule has 0 rings (SSSR count). The first-order chi connectivity index (χ1) is 6.90. The summed E-state index contributed by atoms with van der Waals surface area (Å²) in [4.78, 5) is 11.2. The summed E-state index contributed by atoms with van der Waals surface area (Å²) in [6, 6.07) is 0. The zero-order valence-corrected chi connectivity index (χ0v) is 10.8. The Balaban J connectivity index is 4.84. The van der Waals surface area contributed by atoms with Crippen molar-refractivity contribution in [1.82, 2.24) is 0 Å². The fourth-order valence-electron chi connectivity index (χ4n) is 2.34. The van der Waals surface area contributed by atoms with Crippen molar-refractivity contribution in [3.63, 3.8) is 0 Å². The van der Waals surface area contributed by atoms with Gasteiger partial charge in [-0.1, -0.05) is 47.5 Å². The Labute approximate surface area is 94.1 Å². The Bertz CT molecular complexity index is 197. The highest BCUT2D eigenvalue weighted by molar-refractivity contribution is 5.70. The van der Waals surface area contributed by atoms with Gasteiger partial charge in [0.05, 0.1) is 5.92 Å². The van der Waals surface area contributed by atoms with Crippen LogP contribution in [0.4, 0.5) is 0 Å². The van der Waals surface area contributed by atoms with Crippen LogP contribution in [-0.4, -0.2) is 11.1 Å². The second-order valence-corrected chi connectivity index (χ2v) is 5.09. The molecule has 0 aliphatic rings.